The molecule has 1 atom stereocenters. The second-order valence-corrected chi connectivity index (χ2v) is 5.12. The van der Waals surface area contributed by atoms with Crippen LogP contribution < -0.4 is 15.5 Å². The number of para-hydroxylation sites is 1. The van der Waals surface area contributed by atoms with Crippen LogP contribution in [-0.4, -0.2) is 43.2 Å². The average Bonchev–Trinajstić information content (AvgIpc) is 2.90. The van der Waals surface area contributed by atoms with Crippen LogP contribution in [0.2, 0.25) is 0 Å². The number of aromatic nitrogens is 2. The molecule has 2 heterocycles. The number of hydrogen-bond donors (Lipinski definition) is 2. The van der Waals surface area contributed by atoms with Crippen LogP contribution in [0, 0.1) is 0 Å². The number of anilines is 2. The van der Waals surface area contributed by atoms with E-state index in [0.717, 1.165) is 42.2 Å². The summed E-state index contributed by atoms with van der Waals surface area (Å²) in [7, 11) is 4.02. The molecule has 1 aromatic carbocycles. The van der Waals surface area contributed by atoms with Crippen LogP contribution >= 0.6 is 0 Å². The summed E-state index contributed by atoms with van der Waals surface area (Å²) in [6.45, 7) is 2.04. The highest BCUT2D eigenvalue weighted by molar-refractivity contribution is 5.90. The lowest BCUT2D eigenvalue weighted by atomic mass is 10.2. The van der Waals surface area contributed by atoms with Gasteiger partial charge in [-0.1, -0.05) is 12.1 Å². The number of fused-ring (bicyclic) bond motifs is 1. The summed E-state index contributed by atoms with van der Waals surface area (Å²) in [4.78, 5) is 11.3. The van der Waals surface area contributed by atoms with Crippen molar-refractivity contribution in [2.24, 2.45) is 0 Å². The van der Waals surface area contributed by atoms with E-state index in [1.165, 1.54) is 0 Å². The van der Waals surface area contributed by atoms with Gasteiger partial charge in [0.25, 0.3) is 0 Å². The quantitative estimate of drug-likeness (QED) is 0.872. The normalized spacial score (nSPS) is 18.7. The number of benzene rings is 1. The summed E-state index contributed by atoms with van der Waals surface area (Å²) in [5.41, 5.74) is 0.981. The monoisotopic (exact) mass is 257 g/mol. The standard InChI is InChI=1S/C14H19N5/c1-19(2)13-11-5-3-4-6-12(11)17-14(18-13)16-10-7-8-15-9-10/h3-6,10,15H,7-9H2,1-2H3,(H,16,17,18). The molecular formula is C14H19N5. The van der Waals surface area contributed by atoms with Gasteiger partial charge in [-0.2, -0.15) is 4.98 Å². The Morgan fingerprint density at radius 2 is 2.11 bits per heavy atom. The third-order valence-electron chi connectivity index (χ3n) is 3.40. The maximum Gasteiger partial charge on any atom is 0.225 e. The molecule has 0 saturated carbocycles. The molecule has 100 valence electrons. The fourth-order valence-electron chi connectivity index (χ4n) is 2.43. The predicted octanol–water partition coefficient (Wildman–Crippen LogP) is 1.47. The smallest absolute Gasteiger partial charge is 0.225 e. The van der Waals surface area contributed by atoms with E-state index in [0.29, 0.717) is 6.04 Å². The maximum atomic E-state index is 4.64. The molecule has 1 saturated heterocycles. The van der Waals surface area contributed by atoms with Crippen molar-refractivity contribution in [3.05, 3.63) is 24.3 Å². The topological polar surface area (TPSA) is 53.1 Å². The van der Waals surface area contributed by atoms with Crippen LogP contribution in [-0.2, 0) is 0 Å². The first kappa shape index (κ1) is 12.2. The lowest BCUT2D eigenvalue weighted by molar-refractivity contribution is 0.781. The van der Waals surface area contributed by atoms with Crippen molar-refractivity contribution in [2.75, 3.05) is 37.4 Å². The van der Waals surface area contributed by atoms with E-state index in [-0.39, 0.29) is 0 Å². The van der Waals surface area contributed by atoms with Gasteiger partial charge in [0.15, 0.2) is 0 Å². The van der Waals surface area contributed by atoms with Crippen molar-refractivity contribution in [1.29, 1.82) is 0 Å². The zero-order valence-corrected chi connectivity index (χ0v) is 11.3. The number of nitrogens with one attached hydrogen (secondary N) is 2. The molecule has 3 rings (SSSR count). The number of nitrogens with zero attached hydrogens (tertiary/aromatic N) is 3. The largest absolute Gasteiger partial charge is 0.362 e. The fourth-order valence-corrected chi connectivity index (χ4v) is 2.43. The molecule has 0 radical (unpaired) electrons. The van der Waals surface area contributed by atoms with Crippen molar-refractivity contribution < 1.29 is 0 Å². The lowest BCUT2D eigenvalue weighted by Crippen LogP contribution is -2.24. The molecule has 1 fully saturated rings. The molecule has 1 aliphatic rings. The molecule has 0 spiro atoms. The molecule has 2 N–H and O–H groups in total. The van der Waals surface area contributed by atoms with Gasteiger partial charge >= 0.3 is 0 Å². The molecule has 1 unspecified atom stereocenters. The van der Waals surface area contributed by atoms with Gasteiger partial charge in [0.2, 0.25) is 5.95 Å². The van der Waals surface area contributed by atoms with Gasteiger partial charge in [-0.15, -0.1) is 0 Å². The molecule has 0 amide bonds. The molecule has 1 aliphatic heterocycles. The zero-order chi connectivity index (χ0) is 13.2. The molecule has 1 aromatic heterocycles. The second kappa shape index (κ2) is 5.01. The Hall–Kier alpha value is -1.88. The summed E-state index contributed by atoms with van der Waals surface area (Å²) in [5, 5.41) is 7.84. The van der Waals surface area contributed by atoms with Gasteiger partial charge in [-0.3, -0.25) is 0 Å². The lowest BCUT2D eigenvalue weighted by Gasteiger charge is -2.17. The molecule has 5 nitrogen and oxygen atoms in total. The van der Waals surface area contributed by atoms with Crippen LogP contribution in [0.15, 0.2) is 24.3 Å². The van der Waals surface area contributed by atoms with E-state index in [1.54, 1.807) is 0 Å². The predicted molar refractivity (Wildman–Crippen MR) is 78.8 cm³/mol. The first-order valence-electron chi connectivity index (χ1n) is 6.65. The van der Waals surface area contributed by atoms with Crippen molar-refractivity contribution in [3.63, 3.8) is 0 Å². The number of hydrogen-bond acceptors (Lipinski definition) is 5. The summed E-state index contributed by atoms with van der Waals surface area (Å²) in [6.07, 6.45) is 1.12. The second-order valence-electron chi connectivity index (χ2n) is 5.12. The maximum absolute atomic E-state index is 4.64. The third kappa shape index (κ3) is 2.46. The summed E-state index contributed by atoms with van der Waals surface area (Å²) in [5.74, 6) is 1.68. The highest BCUT2D eigenvalue weighted by Crippen LogP contribution is 2.24. The minimum Gasteiger partial charge on any atom is -0.362 e. The average molecular weight is 257 g/mol. The van der Waals surface area contributed by atoms with Crippen LogP contribution in [0.3, 0.4) is 0 Å². The van der Waals surface area contributed by atoms with E-state index < -0.39 is 0 Å². The van der Waals surface area contributed by atoms with Crippen LogP contribution in [0.4, 0.5) is 11.8 Å². The molecule has 2 aromatic rings. The number of rotatable bonds is 3. The van der Waals surface area contributed by atoms with Gasteiger partial charge in [0.05, 0.1) is 5.52 Å². The van der Waals surface area contributed by atoms with Gasteiger partial charge in [-0.05, 0) is 25.1 Å². The molecule has 19 heavy (non-hydrogen) atoms. The minimum absolute atomic E-state index is 0.427. The van der Waals surface area contributed by atoms with Crippen LogP contribution in [0.1, 0.15) is 6.42 Å². The Bertz CT molecular complexity index is 575. The van der Waals surface area contributed by atoms with E-state index in [9.17, 15) is 0 Å². The highest BCUT2D eigenvalue weighted by atomic mass is 15.2. The van der Waals surface area contributed by atoms with Crippen molar-refractivity contribution >= 4 is 22.7 Å². The van der Waals surface area contributed by atoms with Gasteiger partial charge in [0, 0.05) is 32.1 Å². The van der Waals surface area contributed by atoms with E-state index in [1.807, 2.05) is 37.2 Å². The first-order chi connectivity index (χ1) is 9.24. The third-order valence-corrected chi connectivity index (χ3v) is 3.40. The van der Waals surface area contributed by atoms with E-state index in [2.05, 4.69) is 26.7 Å². The van der Waals surface area contributed by atoms with E-state index >= 15 is 0 Å². The first-order valence-corrected chi connectivity index (χ1v) is 6.65. The Kier molecular flexibility index (Phi) is 3.21. The highest BCUT2D eigenvalue weighted by Gasteiger charge is 2.16. The summed E-state index contributed by atoms with van der Waals surface area (Å²) >= 11 is 0. The molecule has 5 heteroatoms. The summed E-state index contributed by atoms with van der Waals surface area (Å²) in [6, 6.07) is 8.55. The molecule has 0 aliphatic carbocycles. The summed E-state index contributed by atoms with van der Waals surface area (Å²) < 4.78 is 0. The minimum atomic E-state index is 0.427. The van der Waals surface area contributed by atoms with Gasteiger partial charge in [0.1, 0.15) is 5.82 Å². The molecule has 0 bridgehead atoms. The van der Waals surface area contributed by atoms with Crippen molar-refractivity contribution in [3.8, 4) is 0 Å². The van der Waals surface area contributed by atoms with Crippen LogP contribution in [0.5, 0.6) is 0 Å². The van der Waals surface area contributed by atoms with E-state index in [4.69, 9.17) is 0 Å². The van der Waals surface area contributed by atoms with Gasteiger partial charge in [-0.25, -0.2) is 4.98 Å². The zero-order valence-electron chi connectivity index (χ0n) is 11.3. The van der Waals surface area contributed by atoms with Crippen LogP contribution in [0.25, 0.3) is 10.9 Å². The fraction of sp³-hybridized carbons (Fsp3) is 0.429. The Morgan fingerprint density at radius 1 is 1.26 bits per heavy atom. The SMILES string of the molecule is CN(C)c1nc(NC2CCNC2)nc2ccccc12. The Labute approximate surface area is 113 Å². The van der Waals surface area contributed by atoms with Crippen molar-refractivity contribution in [2.45, 2.75) is 12.5 Å². The molecular weight excluding hydrogens is 238 g/mol. The van der Waals surface area contributed by atoms with Gasteiger partial charge < -0.3 is 15.5 Å². The Balaban J connectivity index is 2.00. The Morgan fingerprint density at radius 3 is 2.84 bits per heavy atom. The van der Waals surface area contributed by atoms with Crippen molar-refractivity contribution in [1.82, 2.24) is 15.3 Å².